The second kappa shape index (κ2) is 128. The van der Waals surface area contributed by atoms with E-state index in [4.69, 9.17) is 0 Å². The molecule has 5 nitrogen and oxygen atoms in total. The molecule has 0 bridgehead atoms. The van der Waals surface area contributed by atoms with Gasteiger partial charge in [-0.2, -0.15) is 0 Å². The van der Waals surface area contributed by atoms with Gasteiger partial charge < -0.3 is 27.4 Å². The first-order chi connectivity index (χ1) is 0. The number of hydrogen-bond donors (Lipinski definition) is 0. The minimum atomic E-state index is 0. The minimum absolute atomic E-state index is 0. The van der Waals surface area contributed by atoms with Crippen molar-refractivity contribution in [2.75, 3.05) is 0 Å². The maximum Gasteiger partial charge on any atom is 0 e. The molecule has 0 fully saturated rings. The van der Waals surface area contributed by atoms with Gasteiger partial charge in [0.15, 0.2) is 0 Å². The normalized spacial score (nSPS) is 0. The van der Waals surface area contributed by atoms with Crippen LogP contribution in [0.3, 0.4) is 0 Å². The van der Waals surface area contributed by atoms with Crippen LogP contribution in [0.5, 0.6) is 0 Å². The summed E-state index contributed by atoms with van der Waals surface area (Å²) in [5.41, 5.74) is 0. The van der Waals surface area contributed by atoms with Gasteiger partial charge in [-0.05, 0) is 0 Å². The van der Waals surface area contributed by atoms with Crippen molar-refractivity contribution in [3.8, 4) is 0 Å². The van der Waals surface area contributed by atoms with Crippen molar-refractivity contribution >= 4 is 107 Å². The quantitative estimate of drug-likeness (QED) is 0.245. The molecule has 16 radical (unpaired) electrons. The van der Waals surface area contributed by atoms with Crippen molar-refractivity contribution in [1.82, 2.24) is 0 Å². The topological polar surface area (TPSA) is 142 Å². The fourth-order valence-corrected chi connectivity index (χ4v) is 0. The Hall–Kier alpha value is 4.58. The standard InChI is InChI=1S/2Bi.5O.2Pb.2V/q;;5*-2;;;;. The summed E-state index contributed by atoms with van der Waals surface area (Å²) in [4.78, 5) is 0. The van der Waals surface area contributed by atoms with Crippen LogP contribution in [0.1, 0.15) is 0 Å². The van der Waals surface area contributed by atoms with Gasteiger partial charge in [0.1, 0.15) is 0 Å². The fraction of sp³-hybridized carbons (Fsp3) is 0. The minimum Gasteiger partial charge on any atom is -2.00 e. The van der Waals surface area contributed by atoms with Crippen LogP contribution in [-0.2, 0) is 64.5 Å². The van der Waals surface area contributed by atoms with Crippen LogP contribution in [0, 0.1) is 0 Å². The number of rotatable bonds is 0. The van der Waals surface area contributed by atoms with E-state index in [1.54, 1.807) is 0 Å². The van der Waals surface area contributed by atoms with Crippen LogP contribution in [0.15, 0.2) is 0 Å². The smallest absolute Gasteiger partial charge is 0 e. The molecular formula is Bi2O5Pb2V2-10. The van der Waals surface area contributed by atoms with E-state index in [-0.39, 0.29) is 171 Å². The summed E-state index contributed by atoms with van der Waals surface area (Å²) in [6.45, 7) is 0. The summed E-state index contributed by atoms with van der Waals surface area (Å²) in [6.07, 6.45) is 0. The molecule has 0 saturated carbocycles. The average Bonchev–Trinajstić information content (AvgIpc) is 0. The first-order valence-electron chi connectivity index (χ1n) is 0. The Morgan fingerprint density at radius 3 is 0.364 bits per heavy atom. The van der Waals surface area contributed by atoms with E-state index in [1.807, 2.05) is 0 Å². The average molecular weight is 1010 g/mol. The van der Waals surface area contributed by atoms with Gasteiger partial charge in [0.25, 0.3) is 0 Å². The van der Waals surface area contributed by atoms with Crippen molar-refractivity contribution in [2.45, 2.75) is 0 Å². The third kappa shape index (κ3) is 110. The van der Waals surface area contributed by atoms with Crippen LogP contribution in [-0.4, -0.2) is 107 Å². The number of hydrogen-bond acceptors (Lipinski definition) is 0. The summed E-state index contributed by atoms with van der Waals surface area (Å²) in [5, 5.41) is 0. The van der Waals surface area contributed by atoms with Gasteiger partial charge in [-0.15, -0.1) is 0 Å². The fourth-order valence-electron chi connectivity index (χ4n) is 0. The maximum absolute atomic E-state index is 0. The zero-order valence-corrected chi connectivity index (χ0v) is 22.4. The van der Waals surface area contributed by atoms with Crippen LogP contribution in [0.4, 0.5) is 0 Å². The Morgan fingerprint density at radius 1 is 0.364 bits per heavy atom. The van der Waals surface area contributed by atoms with E-state index in [9.17, 15) is 0 Å². The molecular weight excluding hydrogens is 1010 g/mol. The first kappa shape index (κ1) is 158. The van der Waals surface area contributed by atoms with Gasteiger partial charge >= 0.3 is 0 Å². The molecule has 0 aromatic heterocycles. The molecule has 0 rings (SSSR count). The third-order valence-electron chi connectivity index (χ3n) is 0. The second-order valence-electron chi connectivity index (χ2n) is 0. The van der Waals surface area contributed by atoms with Gasteiger partial charge in [0.2, 0.25) is 0 Å². The van der Waals surface area contributed by atoms with E-state index < -0.39 is 0 Å². The maximum atomic E-state index is 0. The summed E-state index contributed by atoms with van der Waals surface area (Å²) in [7, 11) is 0. The Bertz CT molecular complexity index is 20.4. The molecule has 0 aliphatic carbocycles. The predicted molar refractivity (Wildman–Crippen MR) is 26.4 cm³/mol. The van der Waals surface area contributed by atoms with Crippen LogP contribution in [0.25, 0.3) is 0 Å². The summed E-state index contributed by atoms with van der Waals surface area (Å²) in [5.74, 6) is 0. The molecule has 0 spiro atoms. The zero-order chi connectivity index (χ0) is 0. The van der Waals surface area contributed by atoms with Crippen molar-refractivity contribution in [3.63, 3.8) is 0 Å². The molecule has 0 heterocycles. The van der Waals surface area contributed by atoms with Crippen molar-refractivity contribution in [3.05, 3.63) is 0 Å². The van der Waals surface area contributed by atoms with E-state index in [0.29, 0.717) is 0 Å². The monoisotopic (exact) mass is 1020 g/mol. The van der Waals surface area contributed by atoms with Crippen molar-refractivity contribution in [1.29, 1.82) is 0 Å². The largest absolute Gasteiger partial charge is 2.00 e. The van der Waals surface area contributed by atoms with Crippen molar-refractivity contribution < 1.29 is 64.5 Å². The molecule has 68 valence electrons. The zero-order valence-electron chi connectivity index (χ0n) is 4.83. The molecule has 0 aliphatic heterocycles. The summed E-state index contributed by atoms with van der Waals surface area (Å²) in [6, 6.07) is 0. The van der Waals surface area contributed by atoms with Gasteiger partial charge in [0, 0.05) is 144 Å². The van der Waals surface area contributed by atoms with E-state index in [1.165, 1.54) is 0 Å². The van der Waals surface area contributed by atoms with Crippen molar-refractivity contribution in [2.24, 2.45) is 0 Å². The summed E-state index contributed by atoms with van der Waals surface area (Å²) < 4.78 is 0. The Kier molecular flexibility index (Phi) is 1840. The molecule has 0 amide bonds. The van der Waals surface area contributed by atoms with Crippen LogP contribution < -0.4 is 0 Å². The molecule has 0 saturated heterocycles. The molecule has 0 aliphatic rings. The second-order valence-corrected chi connectivity index (χ2v) is 0. The molecule has 0 atom stereocenters. The molecule has 0 aromatic rings. The van der Waals surface area contributed by atoms with Gasteiger partial charge in [0.05, 0.1) is 0 Å². The SMILES string of the molecule is [Bi].[Bi].[O-2].[O-2].[O-2].[O-2].[O-2].[Pb].[Pb].[V].[V]. The molecule has 11 heteroatoms. The van der Waals surface area contributed by atoms with Crippen LogP contribution in [0.2, 0.25) is 0 Å². The predicted octanol–water partition coefficient (Wildman–Crippen LogP) is -2.12. The Labute approximate surface area is 168 Å². The van der Waals surface area contributed by atoms with Crippen LogP contribution >= 0.6 is 0 Å². The van der Waals surface area contributed by atoms with E-state index in [0.717, 1.165) is 0 Å². The molecule has 0 aromatic carbocycles. The van der Waals surface area contributed by atoms with Gasteiger partial charge in [-0.3, -0.25) is 0 Å². The van der Waals surface area contributed by atoms with E-state index >= 15 is 0 Å². The Morgan fingerprint density at radius 2 is 0.364 bits per heavy atom. The van der Waals surface area contributed by atoms with E-state index in [2.05, 4.69) is 0 Å². The molecule has 11 heavy (non-hydrogen) atoms. The molecule has 0 N–H and O–H groups in total. The van der Waals surface area contributed by atoms with Gasteiger partial charge in [-0.25, -0.2) is 0 Å². The third-order valence-corrected chi connectivity index (χ3v) is 0. The summed E-state index contributed by atoms with van der Waals surface area (Å²) >= 11 is 0. The Balaban J connectivity index is 0. The first-order valence-corrected chi connectivity index (χ1v) is 0. The van der Waals surface area contributed by atoms with Gasteiger partial charge in [-0.1, -0.05) is 0 Å². The molecule has 0 unspecified atom stereocenters.